The van der Waals surface area contributed by atoms with Crippen LogP contribution in [0.3, 0.4) is 0 Å². The van der Waals surface area contributed by atoms with Crippen LogP contribution >= 0.6 is 0 Å². The number of aromatic amines is 1. The predicted molar refractivity (Wildman–Crippen MR) is 200 cm³/mol. The summed E-state index contributed by atoms with van der Waals surface area (Å²) in [6, 6.07) is 17.4. The van der Waals surface area contributed by atoms with E-state index in [1.807, 2.05) is 41.3 Å². The van der Waals surface area contributed by atoms with Crippen molar-refractivity contribution >= 4 is 35.5 Å². The minimum Gasteiger partial charge on any atom is -0.492 e. The van der Waals surface area contributed by atoms with Crippen LogP contribution in [-0.2, 0) is 16.1 Å². The number of piperazine rings is 1. The molecular formula is C40H42FN9O4. The number of nitrogens with one attached hydrogen (secondary N) is 3. The first-order valence-corrected chi connectivity index (χ1v) is 18.5. The number of carbonyl (C=O) groups excluding carboxylic acids is 3. The van der Waals surface area contributed by atoms with Crippen molar-refractivity contribution < 1.29 is 23.5 Å². The summed E-state index contributed by atoms with van der Waals surface area (Å²) < 4.78 is 19.9. The van der Waals surface area contributed by atoms with Gasteiger partial charge in [0.25, 0.3) is 5.91 Å². The van der Waals surface area contributed by atoms with E-state index in [0.717, 1.165) is 80.4 Å². The summed E-state index contributed by atoms with van der Waals surface area (Å²) in [4.78, 5) is 58.0. The van der Waals surface area contributed by atoms with Gasteiger partial charge in [0, 0.05) is 57.8 Å². The van der Waals surface area contributed by atoms with Gasteiger partial charge in [-0.1, -0.05) is 24.3 Å². The lowest BCUT2D eigenvalue weighted by atomic mass is 10.0. The molecule has 13 nitrogen and oxygen atoms in total. The molecule has 278 valence electrons. The van der Waals surface area contributed by atoms with Gasteiger partial charge in [-0.2, -0.15) is 0 Å². The Morgan fingerprint density at radius 1 is 0.981 bits per heavy atom. The van der Waals surface area contributed by atoms with Crippen molar-refractivity contribution in [2.24, 2.45) is 0 Å². The van der Waals surface area contributed by atoms with Crippen LogP contribution in [0.4, 0.5) is 10.2 Å². The maximum atomic E-state index is 13.9. The van der Waals surface area contributed by atoms with E-state index in [2.05, 4.69) is 25.1 Å². The largest absolute Gasteiger partial charge is 0.492 e. The van der Waals surface area contributed by atoms with Gasteiger partial charge in [-0.05, 0) is 78.9 Å². The lowest BCUT2D eigenvalue weighted by Crippen LogP contribution is -2.52. The molecule has 0 radical (unpaired) electrons. The number of imide groups is 1. The van der Waals surface area contributed by atoms with Crippen molar-refractivity contribution in [3.63, 3.8) is 0 Å². The fraction of sp³-hybridized carbons (Fsp3) is 0.350. The molecule has 3 saturated heterocycles. The first kappa shape index (κ1) is 35.2. The number of ether oxygens (including phenoxy) is 1. The van der Waals surface area contributed by atoms with Crippen molar-refractivity contribution in [2.45, 2.75) is 44.3 Å². The lowest BCUT2D eigenvalue weighted by Gasteiger charge is -2.35. The molecule has 4 aromatic rings. The van der Waals surface area contributed by atoms with Gasteiger partial charge in [0.15, 0.2) is 0 Å². The summed E-state index contributed by atoms with van der Waals surface area (Å²) in [5.74, 6) is 1.31. The number of amides is 3. The van der Waals surface area contributed by atoms with Crippen molar-refractivity contribution in [1.29, 1.82) is 5.41 Å². The third-order valence-electron chi connectivity index (χ3n) is 10.7. The zero-order valence-electron chi connectivity index (χ0n) is 29.8. The number of hydrogen-bond donors (Lipinski definition) is 3. The van der Waals surface area contributed by atoms with E-state index < -0.39 is 11.9 Å². The number of rotatable bonds is 10. The number of nitrogens with zero attached hydrogens (tertiary/aromatic N) is 6. The Morgan fingerprint density at radius 3 is 2.67 bits per heavy atom. The number of amidine groups is 1. The van der Waals surface area contributed by atoms with Gasteiger partial charge in [-0.3, -0.25) is 30.0 Å². The fourth-order valence-electron chi connectivity index (χ4n) is 7.79. The van der Waals surface area contributed by atoms with E-state index >= 15 is 0 Å². The number of halogens is 1. The van der Waals surface area contributed by atoms with Gasteiger partial charge < -0.3 is 24.4 Å². The maximum Gasteiger partial charge on any atom is 0.255 e. The van der Waals surface area contributed by atoms with Crippen LogP contribution in [-0.4, -0.2) is 105 Å². The molecule has 54 heavy (non-hydrogen) atoms. The summed E-state index contributed by atoms with van der Waals surface area (Å²) in [5.41, 5.74) is 3.85. The van der Waals surface area contributed by atoms with Crippen LogP contribution in [0.25, 0.3) is 17.5 Å². The second-order valence-electron chi connectivity index (χ2n) is 14.1. The normalized spacial score (nSPS) is 20.5. The Labute approximate surface area is 312 Å². The molecule has 14 heteroatoms. The molecule has 2 atom stereocenters. The Hall–Kier alpha value is -5.89. The molecule has 2 aromatic heterocycles. The van der Waals surface area contributed by atoms with Crippen molar-refractivity contribution in [3.8, 4) is 17.1 Å². The highest BCUT2D eigenvalue weighted by atomic mass is 19.1. The molecular weight excluding hydrogens is 689 g/mol. The number of aromatic nitrogens is 3. The quantitative estimate of drug-likeness (QED) is 0.123. The van der Waals surface area contributed by atoms with E-state index in [9.17, 15) is 18.8 Å². The van der Waals surface area contributed by atoms with Gasteiger partial charge in [-0.25, -0.2) is 14.4 Å². The first-order valence-electron chi connectivity index (χ1n) is 18.5. The molecule has 0 saturated carbocycles. The number of anilines is 1. The third kappa shape index (κ3) is 7.47. The van der Waals surface area contributed by atoms with Gasteiger partial charge in [-0.15, -0.1) is 0 Å². The van der Waals surface area contributed by atoms with E-state index in [1.165, 1.54) is 6.07 Å². The Morgan fingerprint density at radius 2 is 1.83 bits per heavy atom. The second kappa shape index (κ2) is 15.2. The Balaban J connectivity index is 0.809. The molecule has 0 aliphatic carbocycles. The zero-order chi connectivity index (χ0) is 37.2. The summed E-state index contributed by atoms with van der Waals surface area (Å²) in [7, 11) is 0. The average molecular weight is 732 g/mol. The van der Waals surface area contributed by atoms with Crippen LogP contribution in [0.5, 0.6) is 5.75 Å². The number of piperidine rings is 1. The molecule has 3 fully saturated rings. The number of carbonyl (C=O) groups is 3. The van der Waals surface area contributed by atoms with Crippen LogP contribution in [0.2, 0.25) is 0 Å². The van der Waals surface area contributed by atoms with Gasteiger partial charge in [0.1, 0.15) is 41.7 Å². The van der Waals surface area contributed by atoms with Gasteiger partial charge in [0.2, 0.25) is 11.8 Å². The molecule has 0 spiro atoms. The molecule has 8 rings (SSSR count). The molecule has 4 aliphatic rings. The van der Waals surface area contributed by atoms with Crippen LogP contribution in [0.1, 0.15) is 59.0 Å². The monoisotopic (exact) mass is 731 g/mol. The number of pyridine rings is 1. The van der Waals surface area contributed by atoms with Crippen LogP contribution in [0.15, 0.2) is 72.9 Å². The summed E-state index contributed by atoms with van der Waals surface area (Å²) >= 11 is 0. The van der Waals surface area contributed by atoms with Crippen LogP contribution < -0.4 is 15.0 Å². The number of likely N-dealkylation sites (tertiary alicyclic amines) is 1. The first-order chi connectivity index (χ1) is 26.3. The zero-order valence-corrected chi connectivity index (χ0v) is 29.8. The second-order valence-corrected chi connectivity index (χ2v) is 14.1. The maximum absolute atomic E-state index is 13.9. The molecule has 2 aromatic carbocycles. The highest BCUT2D eigenvalue weighted by molar-refractivity contribution is 6.05. The van der Waals surface area contributed by atoms with E-state index in [0.29, 0.717) is 42.5 Å². The van der Waals surface area contributed by atoms with Gasteiger partial charge >= 0.3 is 0 Å². The number of benzene rings is 2. The Bertz CT molecular complexity index is 2110. The molecule has 3 amide bonds. The average Bonchev–Trinajstić information content (AvgIpc) is 3.94. The number of H-pyrrole nitrogens is 1. The molecule has 3 N–H and O–H groups in total. The number of fused-ring (bicyclic) bond motifs is 1. The molecule has 6 heterocycles. The highest BCUT2D eigenvalue weighted by Crippen LogP contribution is 2.33. The summed E-state index contributed by atoms with van der Waals surface area (Å²) in [6.45, 7) is 5.62. The van der Waals surface area contributed by atoms with Crippen molar-refractivity contribution in [3.05, 3.63) is 101 Å². The SMILES string of the molecule is N=C(/C=C\c1ncc(-c2cccc(N3CCN(CCOc4ccc5c(c4)C(=O)N(C4CCC(=O)NC4=O)C5)CC3)n2)[nH]1)N1CCCC1c1cccc(F)c1. The standard InChI is InChI=1S/C40H42FN9O4/c41-28-5-1-4-26(22-28)33-7-3-15-49(33)35(42)12-13-36-43-24-32(44-36)31-6-2-8-37(45-31)48-18-16-47(17-19-48)20-21-54-29-10-9-27-25-50(40(53)30(27)23-29)34-11-14-38(51)46-39(34)52/h1-2,4-6,8-10,12-13,22-24,33-34,42H,3,7,11,14-21,25H2,(H,43,44)(H,46,51,52)/b13-12-,42-35?. The highest BCUT2D eigenvalue weighted by Gasteiger charge is 2.39. The van der Waals surface area contributed by atoms with E-state index in [1.54, 1.807) is 41.4 Å². The Kier molecular flexibility index (Phi) is 9.91. The third-order valence-corrected chi connectivity index (χ3v) is 10.7. The fourth-order valence-corrected chi connectivity index (χ4v) is 7.79. The van der Waals surface area contributed by atoms with Crippen molar-refractivity contribution in [1.82, 2.24) is 35.0 Å². The van der Waals surface area contributed by atoms with Crippen LogP contribution in [0, 0.1) is 11.2 Å². The summed E-state index contributed by atoms with van der Waals surface area (Å²) in [6.07, 6.45) is 7.67. The predicted octanol–water partition coefficient (Wildman–Crippen LogP) is 4.40. The molecule has 0 bridgehead atoms. The summed E-state index contributed by atoms with van der Waals surface area (Å²) in [5, 5.41) is 11.0. The topological polar surface area (TPSA) is 151 Å². The molecule has 4 aliphatic heterocycles. The van der Waals surface area contributed by atoms with E-state index in [-0.39, 0.29) is 30.1 Å². The minimum absolute atomic E-state index is 0.0151. The number of imidazole rings is 1. The lowest BCUT2D eigenvalue weighted by molar-refractivity contribution is -0.136. The minimum atomic E-state index is -0.637. The number of hydrogen-bond acceptors (Lipinski definition) is 9. The smallest absolute Gasteiger partial charge is 0.255 e. The molecule has 2 unspecified atom stereocenters. The van der Waals surface area contributed by atoms with E-state index in [4.69, 9.17) is 15.1 Å². The van der Waals surface area contributed by atoms with Gasteiger partial charge in [0.05, 0.1) is 23.6 Å². The van der Waals surface area contributed by atoms with Crippen molar-refractivity contribution in [2.75, 3.05) is 50.8 Å².